The van der Waals surface area contributed by atoms with Gasteiger partial charge in [0.05, 0.1) is 0 Å². The SMILES string of the molecule is O=C(Nc1ccc(Cl)cc1)C(=O)Nc1cccc(O)c1. The maximum Gasteiger partial charge on any atom is 0.314 e. The first-order valence-electron chi connectivity index (χ1n) is 5.71. The van der Waals surface area contributed by atoms with Gasteiger partial charge in [-0.1, -0.05) is 17.7 Å². The molecule has 0 aliphatic rings. The maximum atomic E-state index is 11.7. The maximum absolute atomic E-state index is 11.7. The monoisotopic (exact) mass is 290 g/mol. The van der Waals surface area contributed by atoms with Gasteiger partial charge in [0.15, 0.2) is 0 Å². The number of carbonyl (C=O) groups is 2. The number of anilines is 2. The molecule has 2 rings (SSSR count). The van der Waals surface area contributed by atoms with Gasteiger partial charge >= 0.3 is 11.8 Å². The number of benzene rings is 2. The van der Waals surface area contributed by atoms with E-state index in [2.05, 4.69) is 10.6 Å². The molecule has 5 nitrogen and oxygen atoms in total. The number of rotatable bonds is 2. The van der Waals surface area contributed by atoms with Gasteiger partial charge in [-0.05, 0) is 36.4 Å². The van der Waals surface area contributed by atoms with Crippen molar-refractivity contribution in [2.24, 2.45) is 0 Å². The Labute approximate surface area is 120 Å². The molecule has 0 aromatic heterocycles. The normalized spacial score (nSPS) is 9.85. The van der Waals surface area contributed by atoms with E-state index in [1.165, 1.54) is 12.1 Å². The van der Waals surface area contributed by atoms with Crippen molar-refractivity contribution in [3.8, 4) is 5.75 Å². The summed E-state index contributed by atoms with van der Waals surface area (Å²) in [5, 5.41) is 14.6. The molecule has 0 saturated heterocycles. The van der Waals surface area contributed by atoms with Gasteiger partial charge in [-0.2, -0.15) is 0 Å². The molecule has 3 N–H and O–H groups in total. The smallest absolute Gasteiger partial charge is 0.314 e. The van der Waals surface area contributed by atoms with Crippen LogP contribution < -0.4 is 10.6 Å². The number of phenols is 1. The Balaban J connectivity index is 1.98. The van der Waals surface area contributed by atoms with E-state index in [0.29, 0.717) is 16.4 Å². The highest BCUT2D eigenvalue weighted by atomic mass is 35.5. The first-order chi connectivity index (χ1) is 9.54. The predicted octanol–water partition coefficient (Wildman–Crippen LogP) is 2.62. The number of aromatic hydroxyl groups is 1. The van der Waals surface area contributed by atoms with Crippen molar-refractivity contribution in [1.29, 1.82) is 0 Å². The van der Waals surface area contributed by atoms with Gasteiger partial charge in [0.25, 0.3) is 0 Å². The summed E-state index contributed by atoms with van der Waals surface area (Å²) in [6.07, 6.45) is 0. The van der Waals surface area contributed by atoms with Crippen LogP contribution in [0.3, 0.4) is 0 Å². The molecule has 0 aliphatic heterocycles. The Hall–Kier alpha value is -2.53. The van der Waals surface area contributed by atoms with Gasteiger partial charge in [0, 0.05) is 22.5 Å². The predicted molar refractivity (Wildman–Crippen MR) is 76.8 cm³/mol. The zero-order valence-corrected chi connectivity index (χ0v) is 11.0. The third-order valence-corrected chi connectivity index (χ3v) is 2.66. The van der Waals surface area contributed by atoms with Crippen LogP contribution in [-0.2, 0) is 9.59 Å². The van der Waals surface area contributed by atoms with Crippen molar-refractivity contribution in [2.45, 2.75) is 0 Å². The lowest BCUT2D eigenvalue weighted by Gasteiger charge is -2.06. The molecular formula is C14H11ClN2O3. The zero-order chi connectivity index (χ0) is 14.5. The number of hydrogen-bond donors (Lipinski definition) is 3. The Morgan fingerprint density at radius 2 is 1.50 bits per heavy atom. The molecule has 102 valence electrons. The van der Waals surface area contributed by atoms with Gasteiger partial charge < -0.3 is 15.7 Å². The van der Waals surface area contributed by atoms with Crippen LogP contribution in [-0.4, -0.2) is 16.9 Å². The highest BCUT2D eigenvalue weighted by Crippen LogP contribution is 2.16. The topological polar surface area (TPSA) is 78.4 Å². The second-order valence-electron chi connectivity index (χ2n) is 3.97. The minimum atomic E-state index is -0.828. The largest absolute Gasteiger partial charge is 0.508 e. The zero-order valence-electron chi connectivity index (χ0n) is 10.3. The summed E-state index contributed by atoms with van der Waals surface area (Å²) < 4.78 is 0. The van der Waals surface area contributed by atoms with Crippen molar-refractivity contribution in [1.82, 2.24) is 0 Å². The highest BCUT2D eigenvalue weighted by molar-refractivity contribution is 6.43. The van der Waals surface area contributed by atoms with E-state index in [9.17, 15) is 14.7 Å². The molecule has 2 amide bonds. The van der Waals surface area contributed by atoms with Crippen LogP contribution in [0.15, 0.2) is 48.5 Å². The number of halogens is 1. The molecule has 0 spiro atoms. The van der Waals surface area contributed by atoms with E-state index in [1.807, 2.05) is 0 Å². The fraction of sp³-hybridized carbons (Fsp3) is 0. The molecular weight excluding hydrogens is 280 g/mol. The Morgan fingerprint density at radius 1 is 0.900 bits per heavy atom. The number of hydrogen-bond acceptors (Lipinski definition) is 3. The number of amides is 2. The molecule has 0 atom stereocenters. The lowest BCUT2D eigenvalue weighted by Crippen LogP contribution is -2.29. The Kier molecular flexibility index (Phi) is 4.22. The summed E-state index contributed by atoms with van der Waals surface area (Å²) in [5.74, 6) is -1.64. The summed E-state index contributed by atoms with van der Waals surface area (Å²) in [7, 11) is 0. The second kappa shape index (κ2) is 6.08. The standard InChI is InChI=1S/C14H11ClN2O3/c15-9-4-6-10(7-5-9)16-13(19)14(20)17-11-2-1-3-12(18)8-11/h1-8,18H,(H,16,19)(H,17,20). The lowest BCUT2D eigenvalue weighted by molar-refractivity contribution is -0.132. The average molecular weight is 291 g/mol. The van der Waals surface area contributed by atoms with Crippen LogP contribution in [0.5, 0.6) is 5.75 Å². The van der Waals surface area contributed by atoms with E-state index in [-0.39, 0.29) is 5.75 Å². The summed E-state index contributed by atoms with van der Waals surface area (Å²) in [6.45, 7) is 0. The molecule has 0 fully saturated rings. The van der Waals surface area contributed by atoms with Crippen molar-refractivity contribution < 1.29 is 14.7 Å². The van der Waals surface area contributed by atoms with E-state index in [0.717, 1.165) is 0 Å². The number of nitrogens with one attached hydrogen (secondary N) is 2. The Morgan fingerprint density at radius 3 is 2.10 bits per heavy atom. The fourth-order valence-electron chi connectivity index (χ4n) is 1.49. The summed E-state index contributed by atoms with van der Waals surface area (Å²) in [4.78, 5) is 23.3. The van der Waals surface area contributed by atoms with Crippen LogP contribution in [0, 0.1) is 0 Å². The molecule has 0 bridgehead atoms. The van der Waals surface area contributed by atoms with Gasteiger partial charge in [-0.3, -0.25) is 9.59 Å². The molecule has 0 unspecified atom stereocenters. The van der Waals surface area contributed by atoms with Crippen molar-refractivity contribution >= 4 is 34.8 Å². The van der Waals surface area contributed by atoms with Crippen LogP contribution in [0.2, 0.25) is 5.02 Å². The van der Waals surface area contributed by atoms with Crippen LogP contribution in [0.1, 0.15) is 0 Å². The van der Waals surface area contributed by atoms with Crippen molar-refractivity contribution in [2.75, 3.05) is 10.6 Å². The molecule has 6 heteroatoms. The van der Waals surface area contributed by atoms with E-state index in [4.69, 9.17) is 11.6 Å². The van der Waals surface area contributed by atoms with Gasteiger partial charge in [-0.25, -0.2) is 0 Å². The van der Waals surface area contributed by atoms with E-state index in [1.54, 1.807) is 36.4 Å². The molecule has 0 heterocycles. The first-order valence-corrected chi connectivity index (χ1v) is 6.09. The highest BCUT2D eigenvalue weighted by Gasteiger charge is 2.14. The second-order valence-corrected chi connectivity index (χ2v) is 4.40. The first kappa shape index (κ1) is 13.9. The van der Waals surface area contributed by atoms with Crippen LogP contribution in [0.4, 0.5) is 11.4 Å². The number of phenolic OH excluding ortho intramolecular Hbond substituents is 1. The fourth-order valence-corrected chi connectivity index (χ4v) is 1.62. The third kappa shape index (κ3) is 3.73. The minimum Gasteiger partial charge on any atom is -0.508 e. The molecule has 0 radical (unpaired) electrons. The molecule has 20 heavy (non-hydrogen) atoms. The quantitative estimate of drug-likeness (QED) is 0.744. The molecule has 0 aliphatic carbocycles. The van der Waals surface area contributed by atoms with E-state index >= 15 is 0 Å². The van der Waals surface area contributed by atoms with Crippen LogP contribution in [0.25, 0.3) is 0 Å². The van der Waals surface area contributed by atoms with Gasteiger partial charge in [-0.15, -0.1) is 0 Å². The lowest BCUT2D eigenvalue weighted by atomic mass is 10.3. The van der Waals surface area contributed by atoms with Crippen molar-refractivity contribution in [3.63, 3.8) is 0 Å². The molecule has 0 saturated carbocycles. The third-order valence-electron chi connectivity index (χ3n) is 2.41. The summed E-state index contributed by atoms with van der Waals surface area (Å²) in [6, 6.07) is 12.3. The Bertz CT molecular complexity index is 641. The van der Waals surface area contributed by atoms with Gasteiger partial charge in [0.2, 0.25) is 0 Å². The molecule has 2 aromatic rings. The average Bonchev–Trinajstić information content (AvgIpc) is 2.41. The summed E-state index contributed by atoms with van der Waals surface area (Å²) >= 11 is 5.72. The summed E-state index contributed by atoms with van der Waals surface area (Å²) in [5.41, 5.74) is 0.798. The van der Waals surface area contributed by atoms with E-state index < -0.39 is 11.8 Å². The number of carbonyl (C=O) groups excluding carboxylic acids is 2. The minimum absolute atomic E-state index is 0.000842. The van der Waals surface area contributed by atoms with Gasteiger partial charge in [0.1, 0.15) is 5.75 Å². The van der Waals surface area contributed by atoms with Crippen molar-refractivity contribution in [3.05, 3.63) is 53.6 Å². The van der Waals surface area contributed by atoms with Crippen LogP contribution >= 0.6 is 11.6 Å². The molecule has 2 aromatic carbocycles.